The lowest BCUT2D eigenvalue weighted by molar-refractivity contribution is 0.588. The van der Waals surface area contributed by atoms with E-state index in [9.17, 15) is 4.39 Å². The van der Waals surface area contributed by atoms with Gasteiger partial charge in [-0.25, -0.2) is 4.39 Å². The van der Waals surface area contributed by atoms with Crippen LogP contribution >= 0.6 is 28.3 Å². The maximum atomic E-state index is 12.8. The molecule has 1 fully saturated rings. The van der Waals surface area contributed by atoms with Crippen molar-refractivity contribution in [1.82, 2.24) is 0 Å². The first-order valence-corrected chi connectivity index (χ1v) is 5.66. The Balaban J connectivity index is 0.00000112. The van der Waals surface area contributed by atoms with Crippen LogP contribution in [0.15, 0.2) is 22.7 Å². The topological polar surface area (TPSA) is 26.0 Å². The third kappa shape index (κ3) is 3.44. The third-order valence-corrected chi connectivity index (χ3v) is 3.33. The van der Waals surface area contributed by atoms with Crippen molar-refractivity contribution in [3.63, 3.8) is 0 Å². The van der Waals surface area contributed by atoms with Crippen molar-refractivity contribution in [2.75, 3.05) is 0 Å². The van der Waals surface area contributed by atoms with Gasteiger partial charge in [-0.15, -0.1) is 12.4 Å². The van der Waals surface area contributed by atoms with Crippen LogP contribution < -0.4 is 5.73 Å². The quantitative estimate of drug-likeness (QED) is 0.901. The first-order chi connectivity index (χ1) is 6.66. The standard InChI is InChI=1S/C11H13BrFN.ClH/c12-10-6-8(13)3-4-9(10)11(14)5-7-1-2-7;/h3-4,6-7,11H,1-2,5,14H2;1H/t11-;/m0./s1. The molecule has 0 spiro atoms. The van der Waals surface area contributed by atoms with Gasteiger partial charge in [0.1, 0.15) is 5.82 Å². The smallest absolute Gasteiger partial charge is 0.124 e. The van der Waals surface area contributed by atoms with Crippen molar-refractivity contribution in [2.45, 2.75) is 25.3 Å². The second-order valence-corrected chi connectivity index (χ2v) is 4.81. The van der Waals surface area contributed by atoms with Crippen LogP contribution in [0.1, 0.15) is 30.9 Å². The van der Waals surface area contributed by atoms with E-state index in [0.29, 0.717) is 0 Å². The predicted molar refractivity (Wildman–Crippen MR) is 65.6 cm³/mol. The average molecular weight is 295 g/mol. The van der Waals surface area contributed by atoms with Gasteiger partial charge in [-0.3, -0.25) is 0 Å². The van der Waals surface area contributed by atoms with Gasteiger partial charge < -0.3 is 5.73 Å². The molecule has 0 radical (unpaired) electrons. The summed E-state index contributed by atoms with van der Waals surface area (Å²) in [5, 5.41) is 0. The van der Waals surface area contributed by atoms with Crippen LogP contribution in [-0.2, 0) is 0 Å². The summed E-state index contributed by atoms with van der Waals surface area (Å²) < 4.78 is 13.6. The molecule has 2 N–H and O–H groups in total. The highest BCUT2D eigenvalue weighted by Gasteiger charge is 2.25. The van der Waals surface area contributed by atoms with Gasteiger partial charge in [0, 0.05) is 10.5 Å². The van der Waals surface area contributed by atoms with E-state index < -0.39 is 0 Å². The van der Waals surface area contributed by atoms with Gasteiger partial charge in [0.25, 0.3) is 0 Å². The molecule has 0 saturated heterocycles. The van der Waals surface area contributed by atoms with Crippen molar-refractivity contribution in [2.24, 2.45) is 11.7 Å². The molecule has 84 valence electrons. The van der Waals surface area contributed by atoms with Crippen LogP contribution in [0.4, 0.5) is 4.39 Å². The zero-order valence-corrected chi connectivity index (χ0v) is 10.7. The molecule has 0 bridgehead atoms. The monoisotopic (exact) mass is 293 g/mol. The molecule has 0 heterocycles. The number of halogens is 3. The van der Waals surface area contributed by atoms with Crippen molar-refractivity contribution in [3.8, 4) is 0 Å². The Morgan fingerprint density at radius 2 is 2.13 bits per heavy atom. The summed E-state index contributed by atoms with van der Waals surface area (Å²) in [7, 11) is 0. The van der Waals surface area contributed by atoms with Gasteiger partial charge >= 0.3 is 0 Å². The van der Waals surface area contributed by atoms with E-state index in [2.05, 4.69) is 15.9 Å². The number of benzene rings is 1. The second kappa shape index (κ2) is 5.28. The summed E-state index contributed by atoms with van der Waals surface area (Å²) in [4.78, 5) is 0. The molecule has 1 aliphatic carbocycles. The lowest BCUT2D eigenvalue weighted by Gasteiger charge is -2.13. The Bertz CT molecular complexity index is 341. The van der Waals surface area contributed by atoms with Crippen LogP contribution in [0.2, 0.25) is 0 Å². The van der Waals surface area contributed by atoms with Gasteiger partial charge in [-0.1, -0.05) is 34.8 Å². The SMILES string of the molecule is Cl.N[C@@H](CC1CC1)c1ccc(F)cc1Br. The molecule has 1 aromatic rings. The third-order valence-electron chi connectivity index (χ3n) is 2.65. The number of nitrogens with two attached hydrogens (primary N) is 1. The molecule has 1 aliphatic rings. The molecule has 2 rings (SSSR count). The van der Waals surface area contributed by atoms with Crippen LogP contribution in [-0.4, -0.2) is 0 Å². The van der Waals surface area contributed by atoms with Crippen LogP contribution in [0.3, 0.4) is 0 Å². The van der Waals surface area contributed by atoms with Crippen molar-refractivity contribution in [1.29, 1.82) is 0 Å². The van der Waals surface area contributed by atoms with E-state index in [0.717, 1.165) is 22.4 Å². The summed E-state index contributed by atoms with van der Waals surface area (Å²) in [6.07, 6.45) is 3.61. The lowest BCUT2D eigenvalue weighted by atomic mass is 10.0. The van der Waals surface area contributed by atoms with Crippen molar-refractivity contribution >= 4 is 28.3 Å². The molecular formula is C11H14BrClFN. The highest BCUT2D eigenvalue weighted by molar-refractivity contribution is 9.10. The highest BCUT2D eigenvalue weighted by atomic mass is 79.9. The Kier molecular flexibility index (Phi) is 4.56. The molecule has 0 aromatic heterocycles. The van der Waals surface area contributed by atoms with Gasteiger partial charge in [0.2, 0.25) is 0 Å². The van der Waals surface area contributed by atoms with Crippen molar-refractivity contribution < 1.29 is 4.39 Å². The summed E-state index contributed by atoms with van der Waals surface area (Å²) in [6.45, 7) is 0. The fraction of sp³-hybridized carbons (Fsp3) is 0.455. The molecule has 1 saturated carbocycles. The van der Waals surface area contributed by atoms with Gasteiger partial charge in [0.05, 0.1) is 0 Å². The van der Waals surface area contributed by atoms with Gasteiger partial charge in [-0.05, 0) is 30.0 Å². The highest BCUT2D eigenvalue weighted by Crippen LogP contribution is 2.38. The largest absolute Gasteiger partial charge is 0.324 e. The number of rotatable bonds is 3. The van der Waals surface area contributed by atoms with E-state index in [1.54, 1.807) is 6.07 Å². The van der Waals surface area contributed by atoms with E-state index in [-0.39, 0.29) is 24.3 Å². The second-order valence-electron chi connectivity index (χ2n) is 3.95. The number of hydrogen-bond donors (Lipinski definition) is 1. The zero-order chi connectivity index (χ0) is 10.1. The minimum Gasteiger partial charge on any atom is -0.324 e. The molecule has 15 heavy (non-hydrogen) atoms. The maximum Gasteiger partial charge on any atom is 0.124 e. The summed E-state index contributed by atoms with van der Waals surface area (Å²) in [5.41, 5.74) is 7.05. The van der Waals surface area contributed by atoms with Crippen LogP contribution in [0, 0.1) is 11.7 Å². The molecule has 0 aliphatic heterocycles. The molecule has 1 aromatic carbocycles. The van der Waals surface area contributed by atoms with Crippen LogP contribution in [0.25, 0.3) is 0 Å². The molecule has 0 amide bonds. The van der Waals surface area contributed by atoms with Crippen LogP contribution in [0.5, 0.6) is 0 Å². The fourth-order valence-corrected chi connectivity index (χ4v) is 2.29. The average Bonchev–Trinajstić information content (AvgIpc) is 2.87. The summed E-state index contributed by atoms with van der Waals surface area (Å²) in [6, 6.07) is 4.75. The molecule has 1 atom stereocenters. The lowest BCUT2D eigenvalue weighted by Crippen LogP contribution is -2.11. The minimum absolute atomic E-state index is 0. The first-order valence-electron chi connectivity index (χ1n) is 4.87. The maximum absolute atomic E-state index is 12.8. The van der Waals surface area contributed by atoms with E-state index in [4.69, 9.17) is 5.73 Å². The minimum atomic E-state index is -0.223. The zero-order valence-electron chi connectivity index (χ0n) is 8.25. The normalized spacial score (nSPS) is 17.0. The summed E-state index contributed by atoms with van der Waals surface area (Å²) in [5.74, 6) is 0.571. The summed E-state index contributed by atoms with van der Waals surface area (Å²) >= 11 is 3.34. The molecular weight excluding hydrogens is 280 g/mol. The first kappa shape index (κ1) is 12.9. The Hall–Kier alpha value is -0.120. The fourth-order valence-electron chi connectivity index (χ4n) is 1.64. The van der Waals surface area contributed by atoms with E-state index in [1.165, 1.54) is 25.0 Å². The molecule has 0 unspecified atom stereocenters. The number of hydrogen-bond acceptors (Lipinski definition) is 1. The Morgan fingerprint density at radius 1 is 1.47 bits per heavy atom. The van der Waals surface area contributed by atoms with E-state index >= 15 is 0 Å². The predicted octanol–water partition coefficient (Wildman–Crippen LogP) is 3.81. The van der Waals surface area contributed by atoms with Crippen molar-refractivity contribution in [3.05, 3.63) is 34.1 Å². The van der Waals surface area contributed by atoms with Gasteiger partial charge in [0.15, 0.2) is 0 Å². The molecule has 4 heteroatoms. The Morgan fingerprint density at radius 3 is 2.67 bits per heavy atom. The van der Waals surface area contributed by atoms with Gasteiger partial charge in [-0.2, -0.15) is 0 Å². The van der Waals surface area contributed by atoms with E-state index in [1.807, 2.05) is 0 Å². The Labute approximate surface area is 104 Å². The molecule has 1 nitrogen and oxygen atoms in total.